The van der Waals surface area contributed by atoms with Gasteiger partial charge in [0.05, 0.1) is 16.6 Å². The number of hydrogen-bond acceptors (Lipinski definition) is 2. The second kappa shape index (κ2) is 9.50. The summed E-state index contributed by atoms with van der Waals surface area (Å²) in [7, 11) is -3.29. The molecular weight excluding hydrogens is 579 g/mol. The van der Waals surface area contributed by atoms with Gasteiger partial charge in [0.15, 0.2) is 7.14 Å². The number of fused-ring (bicyclic) bond motifs is 13. The minimum Gasteiger partial charge on any atom is -0.309 e. The van der Waals surface area contributed by atoms with Gasteiger partial charge in [0.1, 0.15) is 5.65 Å². The van der Waals surface area contributed by atoms with Crippen LogP contribution in [0.15, 0.2) is 152 Å². The van der Waals surface area contributed by atoms with Crippen LogP contribution in [0.3, 0.4) is 0 Å². The van der Waals surface area contributed by atoms with Crippen LogP contribution in [-0.2, 0) is 11.0 Å². The highest BCUT2D eigenvalue weighted by molar-refractivity contribution is 7.85. The summed E-state index contributed by atoms with van der Waals surface area (Å²) in [5.41, 5.74) is 8.97. The van der Waals surface area contributed by atoms with Crippen LogP contribution in [0.4, 0.5) is 0 Å². The van der Waals surface area contributed by atoms with Crippen LogP contribution in [0, 0.1) is 0 Å². The van der Waals surface area contributed by atoms with Crippen LogP contribution in [0.2, 0.25) is 0 Å². The van der Waals surface area contributed by atoms with Gasteiger partial charge in [-0.25, -0.2) is 4.98 Å². The van der Waals surface area contributed by atoms with E-state index in [0.717, 1.165) is 66.1 Å². The van der Waals surface area contributed by atoms with Crippen molar-refractivity contribution in [2.45, 2.75) is 6.42 Å². The lowest BCUT2D eigenvalue weighted by molar-refractivity contribution is 0.592. The number of benzene rings is 7. The second-order valence-electron chi connectivity index (χ2n) is 12.3. The number of imidazole rings is 1. The molecule has 9 aromatic rings. The van der Waals surface area contributed by atoms with Crippen LogP contribution in [-0.4, -0.2) is 9.38 Å². The first-order valence-electron chi connectivity index (χ1n) is 15.7. The average molecular weight is 607 g/mol. The average Bonchev–Trinajstić information content (AvgIpc) is 3.70. The van der Waals surface area contributed by atoms with Gasteiger partial charge >= 0.3 is 0 Å². The fourth-order valence-electron chi connectivity index (χ4n) is 7.80. The Kier molecular flexibility index (Phi) is 5.33. The monoisotopic (exact) mass is 606 g/mol. The van der Waals surface area contributed by atoms with Crippen molar-refractivity contribution in [3.63, 3.8) is 0 Å². The molecule has 1 aliphatic carbocycles. The van der Waals surface area contributed by atoms with Gasteiger partial charge in [0.25, 0.3) is 0 Å². The fraction of sp³-hybridized carbons (Fsp3) is 0.0238. The molecular formula is C42H27N2OP. The van der Waals surface area contributed by atoms with Crippen molar-refractivity contribution in [2.24, 2.45) is 0 Å². The smallest absolute Gasteiger partial charge is 0.171 e. The number of aromatic nitrogens is 2. The van der Waals surface area contributed by atoms with Gasteiger partial charge in [-0.1, -0.05) is 127 Å². The fourth-order valence-corrected chi connectivity index (χ4v) is 10.7. The van der Waals surface area contributed by atoms with Crippen molar-refractivity contribution in [3.05, 3.63) is 163 Å². The summed E-state index contributed by atoms with van der Waals surface area (Å²) >= 11 is 0. The highest BCUT2D eigenvalue weighted by Crippen LogP contribution is 2.48. The molecule has 46 heavy (non-hydrogen) atoms. The number of hydrogen-bond donors (Lipinski definition) is 0. The Morgan fingerprint density at radius 1 is 0.565 bits per heavy atom. The molecule has 0 saturated heterocycles. The molecule has 0 amide bonds. The summed E-state index contributed by atoms with van der Waals surface area (Å²) in [4.78, 5) is 5.22. The Bertz CT molecular complexity index is 2760. The van der Waals surface area contributed by atoms with E-state index in [-0.39, 0.29) is 0 Å². The van der Waals surface area contributed by atoms with Gasteiger partial charge in [-0.15, -0.1) is 0 Å². The molecule has 0 saturated carbocycles. The number of nitrogens with zero attached hydrogens (tertiary/aromatic N) is 2. The molecule has 216 valence electrons. The number of rotatable bonds is 3. The van der Waals surface area contributed by atoms with Crippen LogP contribution in [0.1, 0.15) is 11.1 Å². The van der Waals surface area contributed by atoms with E-state index in [9.17, 15) is 0 Å². The van der Waals surface area contributed by atoms with Crippen LogP contribution >= 0.6 is 7.14 Å². The highest BCUT2D eigenvalue weighted by Gasteiger charge is 2.35. The molecule has 10 rings (SSSR count). The van der Waals surface area contributed by atoms with E-state index >= 15 is 4.57 Å². The summed E-state index contributed by atoms with van der Waals surface area (Å²) in [6.07, 6.45) is 0.780. The van der Waals surface area contributed by atoms with Gasteiger partial charge in [0.2, 0.25) is 0 Å². The minimum absolute atomic E-state index is 0.780. The molecule has 4 heteroatoms. The van der Waals surface area contributed by atoms with E-state index in [1.807, 2.05) is 36.4 Å². The van der Waals surface area contributed by atoms with Gasteiger partial charge in [-0.3, -0.25) is 4.40 Å². The van der Waals surface area contributed by atoms with Gasteiger partial charge < -0.3 is 4.57 Å². The lowest BCUT2D eigenvalue weighted by Gasteiger charge is -2.23. The molecule has 2 heterocycles. The number of para-hydroxylation sites is 3. The van der Waals surface area contributed by atoms with E-state index in [1.165, 1.54) is 27.6 Å². The van der Waals surface area contributed by atoms with Crippen molar-refractivity contribution in [1.82, 2.24) is 9.38 Å². The Morgan fingerprint density at radius 3 is 2.22 bits per heavy atom. The molecule has 0 fully saturated rings. The third kappa shape index (κ3) is 3.44. The van der Waals surface area contributed by atoms with Crippen molar-refractivity contribution in [2.75, 3.05) is 0 Å². The maximum atomic E-state index is 16.1. The van der Waals surface area contributed by atoms with Crippen molar-refractivity contribution >= 4 is 72.2 Å². The molecule has 1 aliphatic rings. The zero-order chi connectivity index (χ0) is 30.4. The molecule has 7 aromatic carbocycles. The quantitative estimate of drug-likeness (QED) is 0.149. The molecule has 0 bridgehead atoms. The molecule has 1 atom stereocenters. The highest BCUT2D eigenvalue weighted by atomic mass is 31.2. The molecule has 0 N–H and O–H groups in total. The third-order valence-electron chi connectivity index (χ3n) is 9.87. The first-order chi connectivity index (χ1) is 22.7. The molecule has 0 radical (unpaired) electrons. The van der Waals surface area contributed by atoms with E-state index in [1.54, 1.807) is 0 Å². The minimum atomic E-state index is -3.29. The van der Waals surface area contributed by atoms with Crippen LogP contribution in [0.5, 0.6) is 0 Å². The van der Waals surface area contributed by atoms with Crippen molar-refractivity contribution < 1.29 is 4.57 Å². The van der Waals surface area contributed by atoms with Crippen molar-refractivity contribution in [1.29, 1.82) is 0 Å². The third-order valence-corrected chi connectivity index (χ3v) is 13.0. The topological polar surface area (TPSA) is 34.4 Å². The van der Waals surface area contributed by atoms with E-state index < -0.39 is 7.14 Å². The molecule has 3 nitrogen and oxygen atoms in total. The summed E-state index contributed by atoms with van der Waals surface area (Å²) in [6.45, 7) is 0. The van der Waals surface area contributed by atoms with E-state index in [0.29, 0.717) is 0 Å². The van der Waals surface area contributed by atoms with Gasteiger partial charge in [-0.05, 0) is 69.1 Å². The predicted molar refractivity (Wildman–Crippen MR) is 193 cm³/mol. The lowest BCUT2D eigenvalue weighted by Crippen LogP contribution is -2.27. The normalized spacial score (nSPS) is 13.8. The molecule has 0 aliphatic heterocycles. The zero-order valence-corrected chi connectivity index (χ0v) is 25.8. The van der Waals surface area contributed by atoms with Crippen LogP contribution in [0.25, 0.3) is 60.3 Å². The maximum Gasteiger partial charge on any atom is 0.171 e. The summed E-state index contributed by atoms with van der Waals surface area (Å²) < 4.78 is 18.4. The predicted octanol–water partition coefficient (Wildman–Crippen LogP) is 9.16. The summed E-state index contributed by atoms with van der Waals surface area (Å²) in [6, 6.07) is 52.7. The van der Waals surface area contributed by atoms with Gasteiger partial charge in [0, 0.05) is 26.7 Å². The van der Waals surface area contributed by atoms with Crippen LogP contribution < -0.4 is 15.9 Å². The standard InChI is InChI=1S/C42H27N2OP/c45-46(29-12-2-1-3-13-29,40-20-10-16-32-31-14-5-4-11-28(31)25-36(32)40)30-23-21-27-22-24-34-33-15-6-8-18-38(33)44-39-19-9-7-17-37(39)43-42(44)41(34)35(27)26-30/h1-24,26H,25H2. The largest absolute Gasteiger partial charge is 0.309 e. The Hall–Kier alpha value is -5.50. The Morgan fingerprint density at radius 2 is 1.30 bits per heavy atom. The first-order valence-corrected chi connectivity index (χ1v) is 17.4. The number of pyridine rings is 1. The summed E-state index contributed by atoms with van der Waals surface area (Å²) in [5.74, 6) is 0. The maximum absolute atomic E-state index is 16.1. The molecule has 2 aromatic heterocycles. The first kappa shape index (κ1) is 25.8. The SMILES string of the molecule is O=P(c1ccccc1)(c1ccc2ccc3c4ccccc4n4c5ccccc5nc4c3c2c1)c1cccc2c1Cc1ccccc1-2. The second-order valence-corrected chi connectivity index (χ2v) is 15.0. The van der Waals surface area contributed by atoms with Crippen molar-refractivity contribution in [3.8, 4) is 11.1 Å². The van der Waals surface area contributed by atoms with E-state index in [4.69, 9.17) is 4.98 Å². The van der Waals surface area contributed by atoms with E-state index in [2.05, 4.69) is 120 Å². The zero-order valence-electron chi connectivity index (χ0n) is 24.9. The summed E-state index contributed by atoms with van der Waals surface area (Å²) in [5, 5.41) is 8.18. The Balaban J connectivity index is 1.33. The lowest BCUT2D eigenvalue weighted by atomic mass is 9.99. The Labute approximate surface area is 265 Å². The van der Waals surface area contributed by atoms with Gasteiger partial charge in [-0.2, -0.15) is 0 Å². The molecule has 1 unspecified atom stereocenters. The molecule has 0 spiro atoms.